The van der Waals surface area contributed by atoms with Gasteiger partial charge >= 0.3 is 0 Å². The first kappa shape index (κ1) is 16.4. The molecule has 1 aliphatic heterocycles. The highest BCUT2D eigenvalue weighted by atomic mass is 16.5. The van der Waals surface area contributed by atoms with Crippen molar-refractivity contribution >= 4 is 11.8 Å². The van der Waals surface area contributed by atoms with Crippen molar-refractivity contribution in [2.45, 2.75) is 50.5 Å². The quantitative estimate of drug-likeness (QED) is 0.775. The molecule has 0 spiro atoms. The number of hydrogen-bond acceptors (Lipinski definition) is 3. The number of ether oxygens (including phenoxy) is 1. The smallest absolute Gasteiger partial charge is 0.231 e. The second-order valence-electron chi connectivity index (χ2n) is 7.44. The molecule has 0 unspecified atom stereocenters. The van der Waals surface area contributed by atoms with Gasteiger partial charge in [0.05, 0.1) is 0 Å². The second kappa shape index (κ2) is 7.06. The molecule has 2 aliphatic carbocycles. The van der Waals surface area contributed by atoms with Crippen molar-refractivity contribution < 1.29 is 14.3 Å². The summed E-state index contributed by atoms with van der Waals surface area (Å²) in [6.07, 6.45) is 6.40. The van der Waals surface area contributed by atoms with Gasteiger partial charge in [0.15, 0.2) is 0 Å². The molecule has 0 saturated heterocycles. The Morgan fingerprint density at radius 2 is 1.96 bits per heavy atom. The van der Waals surface area contributed by atoms with E-state index in [-0.39, 0.29) is 17.7 Å². The first-order valence-electron chi connectivity index (χ1n) is 9.54. The van der Waals surface area contributed by atoms with Gasteiger partial charge in [-0.1, -0.05) is 24.6 Å². The standard InChI is InChI=1S/C20H26N2O3/c23-19(17-13-25-18-8-2-1-7-16(17)18)21-11-4-12-22(15-9-10-15)20(24)14-5-3-6-14/h1-2,7-8,14-15,17H,3-6,9-13H2,(H,21,23)/t17-/m0/s1. The predicted molar refractivity (Wildman–Crippen MR) is 94.4 cm³/mol. The number of carbonyl (C=O) groups excluding carboxylic acids is 2. The van der Waals surface area contributed by atoms with Crippen molar-refractivity contribution in [1.29, 1.82) is 0 Å². The molecule has 1 N–H and O–H groups in total. The number of fused-ring (bicyclic) bond motifs is 1. The van der Waals surface area contributed by atoms with Gasteiger partial charge < -0.3 is 15.0 Å². The van der Waals surface area contributed by atoms with Gasteiger partial charge in [-0.15, -0.1) is 0 Å². The number of para-hydroxylation sites is 1. The zero-order valence-electron chi connectivity index (χ0n) is 14.6. The molecule has 0 aromatic heterocycles. The Hall–Kier alpha value is -2.04. The summed E-state index contributed by atoms with van der Waals surface area (Å²) in [5.41, 5.74) is 0.972. The van der Waals surface area contributed by atoms with E-state index in [4.69, 9.17) is 4.74 Å². The lowest BCUT2D eigenvalue weighted by atomic mass is 9.84. The Balaban J connectivity index is 1.24. The summed E-state index contributed by atoms with van der Waals surface area (Å²) in [5.74, 6) is 1.23. The zero-order valence-corrected chi connectivity index (χ0v) is 14.6. The normalized spacial score (nSPS) is 21.8. The van der Waals surface area contributed by atoms with E-state index in [0.717, 1.165) is 50.0 Å². The first-order chi connectivity index (χ1) is 12.2. The summed E-state index contributed by atoms with van der Waals surface area (Å²) in [6.45, 7) is 1.79. The summed E-state index contributed by atoms with van der Waals surface area (Å²) < 4.78 is 5.58. The molecule has 5 heteroatoms. The van der Waals surface area contributed by atoms with Gasteiger partial charge in [0.25, 0.3) is 0 Å². The number of nitrogens with one attached hydrogen (secondary N) is 1. The van der Waals surface area contributed by atoms with Gasteiger partial charge in [0.1, 0.15) is 18.3 Å². The Morgan fingerprint density at radius 3 is 2.68 bits per heavy atom. The van der Waals surface area contributed by atoms with Crippen LogP contribution in [0.2, 0.25) is 0 Å². The van der Waals surface area contributed by atoms with Gasteiger partial charge in [-0.2, -0.15) is 0 Å². The van der Waals surface area contributed by atoms with Crippen molar-refractivity contribution in [3.8, 4) is 5.75 Å². The molecular formula is C20H26N2O3. The summed E-state index contributed by atoms with van der Waals surface area (Å²) in [6, 6.07) is 8.18. The third-order valence-electron chi connectivity index (χ3n) is 5.62. The second-order valence-corrected chi connectivity index (χ2v) is 7.44. The van der Waals surface area contributed by atoms with Crippen LogP contribution in [0.4, 0.5) is 0 Å². The molecule has 0 radical (unpaired) electrons. The van der Waals surface area contributed by atoms with Crippen LogP contribution >= 0.6 is 0 Å². The summed E-state index contributed by atoms with van der Waals surface area (Å²) in [5, 5.41) is 3.02. The number of benzene rings is 1. The van der Waals surface area contributed by atoms with E-state index in [0.29, 0.717) is 25.1 Å². The third-order valence-corrected chi connectivity index (χ3v) is 5.62. The maximum Gasteiger partial charge on any atom is 0.231 e. The predicted octanol–water partition coefficient (Wildman–Crippen LogP) is 2.46. The Labute approximate surface area is 148 Å². The van der Waals surface area contributed by atoms with Crippen LogP contribution in [0, 0.1) is 5.92 Å². The molecule has 2 amide bonds. The van der Waals surface area contributed by atoms with Gasteiger partial charge in [-0.3, -0.25) is 9.59 Å². The highest BCUT2D eigenvalue weighted by Crippen LogP contribution is 2.34. The Morgan fingerprint density at radius 1 is 1.16 bits per heavy atom. The lowest BCUT2D eigenvalue weighted by Gasteiger charge is -2.32. The lowest BCUT2D eigenvalue weighted by molar-refractivity contribution is -0.138. The van der Waals surface area contributed by atoms with E-state index in [1.54, 1.807) is 0 Å². The summed E-state index contributed by atoms with van der Waals surface area (Å²) >= 11 is 0. The van der Waals surface area contributed by atoms with E-state index < -0.39 is 0 Å². The van der Waals surface area contributed by atoms with E-state index in [1.165, 1.54) is 6.42 Å². The Kier molecular flexibility index (Phi) is 4.64. The third kappa shape index (κ3) is 3.51. The minimum Gasteiger partial charge on any atom is -0.492 e. The van der Waals surface area contributed by atoms with Crippen LogP contribution in [-0.4, -0.2) is 42.5 Å². The number of rotatable bonds is 7. The van der Waals surface area contributed by atoms with Crippen LogP contribution in [0.15, 0.2) is 24.3 Å². The Bertz CT molecular complexity index is 652. The molecule has 1 aromatic rings. The fourth-order valence-electron chi connectivity index (χ4n) is 3.71. The fraction of sp³-hybridized carbons (Fsp3) is 0.600. The summed E-state index contributed by atoms with van der Waals surface area (Å²) in [4.78, 5) is 27.0. The van der Waals surface area contributed by atoms with Gasteiger partial charge in [0.2, 0.25) is 11.8 Å². The topological polar surface area (TPSA) is 58.6 Å². The van der Waals surface area contributed by atoms with E-state index in [1.807, 2.05) is 24.3 Å². The SMILES string of the molecule is O=C(NCCCN(C(=O)C1CCC1)C1CC1)[C@H]1COc2ccccc21. The van der Waals surface area contributed by atoms with E-state index in [2.05, 4.69) is 10.2 Å². The molecule has 2 saturated carbocycles. The molecule has 2 fully saturated rings. The van der Waals surface area contributed by atoms with Crippen LogP contribution in [0.1, 0.15) is 50.0 Å². The van der Waals surface area contributed by atoms with Crippen LogP contribution in [0.25, 0.3) is 0 Å². The maximum absolute atomic E-state index is 12.5. The van der Waals surface area contributed by atoms with Crippen molar-refractivity contribution in [1.82, 2.24) is 10.2 Å². The zero-order chi connectivity index (χ0) is 17.2. The van der Waals surface area contributed by atoms with Gasteiger partial charge in [-0.05, 0) is 38.2 Å². The molecule has 5 nitrogen and oxygen atoms in total. The minimum atomic E-state index is -0.215. The highest BCUT2D eigenvalue weighted by molar-refractivity contribution is 5.85. The van der Waals surface area contributed by atoms with Crippen molar-refractivity contribution in [3.05, 3.63) is 29.8 Å². The van der Waals surface area contributed by atoms with Crippen molar-refractivity contribution in [3.63, 3.8) is 0 Å². The first-order valence-corrected chi connectivity index (χ1v) is 9.54. The van der Waals surface area contributed by atoms with Crippen LogP contribution in [0.3, 0.4) is 0 Å². The molecular weight excluding hydrogens is 316 g/mol. The van der Waals surface area contributed by atoms with E-state index in [9.17, 15) is 9.59 Å². The average Bonchev–Trinajstić information content (AvgIpc) is 3.31. The molecule has 1 atom stereocenters. The highest BCUT2D eigenvalue weighted by Gasteiger charge is 2.37. The molecule has 0 bridgehead atoms. The van der Waals surface area contributed by atoms with Crippen LogP contribution in [0.5, 0.6) is 5.75 Å². The molecule has 4 rings (SSSR count). The molecule has 1 heterocycles. The minimum absolute atomic E-state index is 0.0215. The molecule has 3 aliphatic rings. The number of hydrogen-bond donors (Lipinski definition) is 1. The monoisotopic (exact) mass is 342 g/mol. The molecule has 1 aromatic carbocycles. The lowest BCUT2D eigenvalue weighted by Crippen LogP contribution is -2.42. The molecule has 134 valence electrons. The largest absolute Gasteiger partial charge is 0.492 e. The van der Waals surface area contributed by atoms with Crippen molar-refractivity contribution in [2.75, 3.05) is 19.7 Å². The van der Waals surface area contributed by atoms with Gasteiger partial charge in [-0.25, -0.2) is 0 Å². The number of amides is 2. The van der Waals surface area contributed by atoms with E-state index >= 15 is 0 Å². The van der Waals surface area contributed by atoms with Crippen LogP contribution < -0.4 is 10.1 Å². The average molecular weight is 342 g/mol. The van der Waals surface area contributed by atoms with Gasteiger partial charge in [0, 0.05) is 30.6 Å². The number of carbonyl (C=O) groups is 2. The van der Waals surface area contributed by atoms with Crippen molar-refractivity contribution in [2.24, 2.45) is 5.92 Å². The summed E-state index contributed by atoms with van der Waals surface area (Å²) in [7, 11) is 0. The number of nitrogens with zero attached hydrogens (tertiary/aromatic N) is 1. The maximum atomic E-state index is 12.5. The molecule has 25 heavy (non-hydrogen) atoms. The van der Waals surface area contributed by atoms with Crippen LogP contribution in [-0.2, 0) is 9.59 Å². The fourth-order valence-corrected chi connectivity index (χ4v) is 3.71.